The highest BCUT2D eigenvalue weighted by Gasteiger charge is 2.26. The third-order valence-electron chi connectivity index (χ3n) is 4.80. The monoisotopic (exact) mass is 373 g/mol. The number of carbonyl (C=O) groups is 1. The summed E-state index contributed by atoms with van der Waals surface area (Å²) in [5.41, 5.74) is 0.814. The molecular formula is C19H27N5OS. The molecule has 0 saturated carbocycles. The summed E-state index contributed by atoms with van der Waals surface area (Å²) in [6.45, 7) is 6.00. The Kier molecular flexibility index (Phi) is 6.66. The van der Waals surface area contributed by atoms with Crippen LogP contribution in [0.1, 0.15) is 46.0 Å². The maximum absolute atomic E-state index is 12.7. The highest BCUT2D eigenvalue weighted by Crippen LogP contribution is 2.25. The molecule has 2 aromatic rings. The van der Waals surface area contributed by atoms with Crippen molar-refractivity contribution in [2.75, 3.05) is 12.3 Å². The fourth-order valence-electron chi connectivity index (χ4n) is 3.47. The number of pyridine rings is 1. The van der Waals surface area contributed by atoms with E-state index in [1.807, 2.05) is 18.2 Å². The van der Waals surface area contributed by atoms with Crippen LogP contribution in [-0.2, 0) is 11.3 Å². The molecule has 1 saturated heterocycles. The second-order valence-electron chi connectivity index (χ2n) is 6.61. The molecule has 6 nitrogen and oxygen atoms in total. The number of thioether (sulfide) groups is 1. The molecule has 0 radical (unpaired) electrons. The standard InChI is InChI=1S/C19H27N5OS/c1-3-12-24-18(16-10-5-7-11-20-16)21-22-19(24)26-14-17(25)23-13-8-6-9-15(23)4-2/h5,7,10-11,15H,3-4,6,8-9,12-14H2,1-2H3/t15-/m1/s1. The van der Waals surface area contributed by atoms with Gasteiger partial charge in [0.2, 0.25) is 5.91 Å². The molecule has 2 aromatic heterocycles. The predicted molar refractivity (Wildman–Crippen MR) is 104 cm³/mol. The van der Waals surface area contributed by atoms with Gasteiger partial charge in [0, 0.05) is 25.3 Å². The van der Waals surface area contributed by atoms with Crippen LogP contribution >= 0.6 is 11.8 Å². The normalized spacial score (nSPS) is 17.5. The van der Waals surface area contributed by atoms with Gasteiger partial charge in [0.15, 0.2) is 11.0 Å². The van der Waals surface area contributed by atoms with Crippen molar-refractivity contribution >= 4 is 17.7 Å². The Morgan fingerprint density at radius 2 is 2.15 bits per heavy atom. The van der Waals surface area contributed by atoms with Crippen molar-refractivity contribution in [2.24, 2.45) is 0 Å². The Morgan fingerprint density at radius 1 is 1.27 bits per heavy atom. The van der Waals surface area contributed by atoms with Crippen LogP contribution in [0.5, 0.6) is 0 Å². The van der Waals surface area contributed by atoms with Crippen molar-refractivity contribution in [3.8, 4) is 11.5 Å². The van der Waals surface area contributed by atoms with Crippen LogP contribution in [0.2, 0.25) is 0 Å². The Balaban J connectivity index is 1.71. The first-order chi connectivity index (χ1) is 12.7. The molecule has 1 amide bonds. The molecule has 26 heavy (non-hydrogen) atoms. The zero-order chi connectivity index (χ0) is 18.4. The summed E-state index contributed by atoms with van der Waals surface area (Å²) in [5, 5.41) is 9.46. The number of piperidine rings is 1. The minimum atomic E-state index is 0.215. The zero-order valence-electron chi connectivity index (χ0n) is 15.6. The van der Waals surface area contributed by atoms with Gasteiger partial charge in [0.25, 0.3) is 0 Å². The van der Waals surface area contributed by atoms with Crippen molar-refractivity contribution < 1.29 is 4.79 Å². The third kappa shape index (κ3) is 4.26. The molecule has 140 valence electrons. The van der Waals surface area contributed by atoms with Gasteiger partial charge in [-0.15, -0.1) is 10.2 Å². The maximum atomic E-state index is 12.7. The van der Waals surface area contributed by atoms with Crippen LogP contribution in [0.3, 0.4) is 0 Å². The van der Waals surface area contributed by atoms with Crippen molar-refractivity contribution in [1.82, 2.24) is 24.6 Å². The Labute approximate surface area is 159 Å². The third-order valence-corrected chi connectivity index (χ3v) is 5.75. The summed E-state index contributed by atoms with van der Waals surface area (Å²) in [5.74, 6) is 1.40. The molecule has 0 aliphatic carbocycles. The molecule has 7 heteroatoms. The molecule has 0 N–H and O–H groups in total. The molecule has 0 unspecified atom stereocenters. The maximum Gasteiger partial charge on any atom is 0.233 e. The summed E-state index contributed by atoms with van der Waals surface area (Å²) in [4.78, 5) is 19.2. The summed E-state index contributed by atoms with van der Waals surface area (Å²) >= 11 is 1.49. The van der Waals surface area contributed by atoms with Gasteiger partial charge in [0.1, 0.15) is 5.69 Å². The van der Waals surface area contributed by atoms with Crippen molar-refractivity contribution in [1.29, 1.82) is 0 Å². The van der Waals surface area contributed by atoms with E-state index >= 15 is 0 Å². The van der Waals surface area contributed by atoms with Crippen molar-refractivity contribution in [3.63, 3.8) is 0 Å². The molecule has 0 spiro atoms. The molecular weight excluding hydrogens is 346 g/mol. The fraction of sp³-hybridized carbons (Fsp3) is 0.579. The van der Waals surface area contributed by atoms with E-state index in [0.29, 0.717) is 11.8 Å². The summed E-state index contributed by atoms with van der Waals surface area (Å²) in [6.07, 6.45) is 7.24. The Hall–Kier alpha value is -1.89. The van der Waals surface area contributed by atoms with E-state index in [1.54, 1.807) is 6.20 Å². The van der Waals surface area contributed by atoms with Crippen LogP contribution in [0.25, 0.3) is 11.5 Å². The van der Waals surface area contributed by atoms with Gasteiger partial charge in [-0.2, -0.15) is 0 Å². The molecule has 1 atom stereocenters. The molecule has 3 heterocycles. The van der Waals surface area contributed by atoms with Crippen LogP contribution < -0.4 is 0 Å². The number of aromatic nitrogens is 4. The number of amides is 1. The topological polar surface area (TPSA) is 63.9 Å². The highest BCUT2D eigenvalue weighted by atomic mass is 32.2. The average Bonchev–Trinajstić information content (AvgIpc) is 3.09. The van der Waals surface area contributed by atoms with Gasteiger partial charge >= 0.3 is 0 Å². The van der Waals surface area contributed by atoms with Crippen LogP contribution in [0.4, 0.5) is 0 Å². The molecule has 0 aromatic carbocycles. The highest BCUT2D eigenvalue weighted by molar-refractivity contribution is 7.99. The quantitative estimate of drug-likeness (QED) is 0.694. The Morgan fingerprint density at radius 3 is 2.88 bits per heavy atom. The van der Waals surface area contributed by atoms with Crippen LogP contribution in [0, 0.1) is 0 Å². The lowest BCUT2D eigenvalue weighted by molar-refractivity contribution is -0.132. The first-order valence-electron chi connectivity index (χ1n) is 9.51. The molecule has 1 fully saturated rings. The lowest BCUT2D eigenvalue weighted by Gasteiger charge is -2.35. The van der Waals surface area contributed by atoms with Crippen molar-refractivity contribution in [2.45, 2.75) is 63.7 Å². The van der Waals surface area contributed by atoms with Gasteiger partial charge in [-0.25, -0.2) is 0 Å². The first kappa shape index (κ1) is 18.9. The number of hydrogen-bond acceptors (Lipinski definition) is 5. The summed E-state index contributed by atoms with van der Waals surface area (Å²) in [6, 6.07) is 6.18. The Bertz CT molecular complexity index is 718. The summed E-state index contributed by atoms with van der Waals surface area (Å²) < 4.78 is 2.08. The zero-order valence-corrected chi connectivity index (χ0v) is 16.4. The second-order valence-corrected chi connectivity index (χ2v) is 7.55. The minimum absolute atomic E-state index is 0.215. The van der Waals surface area contributed by atoms with E-state index in [-0.39, 0.29) is 5.91 Å². The minimum Gasteiger partial charge on any atom is -0.339 e. The molecule has 0 bridgehead atoms. The molecule has 1 aliphatic heterocycles. The van der Waals surface area contributed by atoms with E-state index in [4.69, 9.17) is 0 Å². The van der Waals surface area contributed by atoms with E-state index in [9.17, 15) is 4.79 Å². The van der Waals surface area contributed by atoms with Gasteiger partial charge in [-0.05, 0) is 44.2 Å². The van der Waals surface area contributed by atoms with E-state index < -0.39 is 0 Å². The van der Waals surface area contributed by atoms with Crippen molar-refractivity contribution in [3.05, 3.63) is 24.4 Å². The number of carbonyl (C=O) groups excluding carboxylic acids is 1. The summed E-state index contributed by atoms with van der Waals surface area (Å²) in [7, 11) is 0. The SMILES string of the molecule is CCCn1c(SCC(=O)N2CCCC[C@H]2CC)nnc1-c1ccccn1. The molecule has 3 rings (SSSR count). The van der Waals surface area contributed by atoms with Crippen LogP contribution in [-0.4, -0.2) is 48.9 Å². The van der Waals surface area contributed by atoms with E-state index in [0.717, 1.165) is 55.4 Å². The lowest BCUT2D eigenvalue weighted by atomic mass is 10.0. The lowest BCUT2D eigenvalue weighted by Crippen LogP contribution is -2.44. The van der Waals surface area contributed by atoms with E-state index in [1.165, 1.54) is 18.2 Å². The van der Waals surface area contributed by atoms with Gasteiger partial charge < -0.3 is 9.47 Å². The van der Waals surface area contributed by atoms with Crippen LogP contribution in [0.15, 0.2) is 29.6 Å². The van der Waals surface area contributed by atoms with Gasteiger partial charge in [-0.1, -0.05) is 31.7 Å². The number of likely N-dealkylation sites (tertiary alicyclic amines) is 1. The van der Waals surface area contributed by atoms with E-state index in [2.05, 4.69) is 38.5 Å². The second kappa shape index (κ2) is 9.16. The average molecular weight is 374 g/mol. The predicted octanol–water partition coefficient (Wildman–Crippen LogP) is 3.63. The van der Waals surface area contributed by atoms with Gasteiger partial charge in [0.05, 0.1) is 5.75 Å². The number of rotatable bonds is 7. The first-order valence-corrected chi connectivity index (χ1v) is 10.5. The fourth-order valence-corrected chi connectivity index (χ4v) is 4.32. The molecule has 1 aliphatic rings. The smallest absolute Gasteiger partial charge is 0.233 e. The van der Waals surface area contributed by atoms with Gasteiger partial charge in [-0.3, -0.25) is 9.78 Å². The number of nitrogens with zero attached hydrogens (tertiary/aromatic N) is 5. The largest absolute Gasteiger partial charge is 0.339 e. The number of hydrogen-bond donors (Lipinski definition) is 0.